The normalized spacial score (nSPS) is 49.3. The Morgan fingerprint density at radius 1 is 1.00 bits per heavy atom. The molecule has 4 aliphatic carbocycles. The van der Waals surface area contributed by atoms with E-state index in [4.69, 9.17) is 12.6 Å². The molecule has 3 nitrogen and oxygen atoms in total. The molecule has 124 valence electrons. The van der Waals surface area contributed by atoms with Gasteiger partial charge in [0.05, 0.1) is 4.75 Å². The minimum Gasteiger partial charge on any atom is -0.299 e. The van der Waals surface area contributed by atoms with Crippen LogP contribution in [0.2, 0.25) is 0 Å². The number of Topliss-reactive ketones (excluding diaryl/α,β-unsaturated/α-hetero) is 2. The summed E-state index contributed by atoms with van der Waals surface area (Å²) in [5.41, 5.74) is 0.300. The molecule has 23 heavy (non-hydrogen) atoms. The van der Waals surface area contributed by atoms with Gasteiger partial charge in [-0.3, -0.25) is 14.4 Å². The van der Waals surface area contributed by atoms with Crippen molar-refractivity contribution in [1.82, 2.24) is 0 Å². The van der Waals surface area contributed by atoms with E-state index in [1.165, 1.54) is 0 Å². The van der Waals surface area contributed by atoms with E-state index in [1.54, 1.807) is 6.08 Å². The van der Waals surface area contributed by atoms with Gasteiger partial charge in [-0.2, -0.15) is 12.6 Å². The quantitative estimate of drug-likeness (QED) is 0.692. The highest BCUT2D eigenvalue weighted by Gasteiger charge is 2.68. The molecular weight excluding hydrogens is 308 g/mol. The van der Waals surface area contributed by atoms with Gasteiger partial charge in [-0.25, -0.2) is 0 Å². The number of carbonyl (C=O) groups is 3. The molecule has 0 radical (unpaired) electrons. The van der Waals surface area contributed by atoms with E-state index < -0.39 is 10.2 Å². The summed E-state index contributed by atoms with van der Waals surface area (Å²) in [6.07, 6.45) is 6.55. The first-order valence-electron chi connectivity index (χ1n) is 8.76. The van der Waals surface area contributed by atoms with Crippen LogP contribution < -0.4 is 0 Å². The maximum absolute atomic E-state index is 13.2. The van der Waals surface area contributed by atoms with Gasteiger partial charge in [-0.1, -0.05) is 19.4 Å². The number of fused-ring (bicyclic) bond motifs is 5. The maximum Gasteiger partial charge on any atom is 0.155 e. The van der Waals surface area contributed by atoms with Crippen molar-refractivity contribution in [3.05, 3.63) is 11.6 Å². The Hall–Kier alpha value is -0.900. The molecule has 0 aliphatic heterocycles. The van der Waals surface area contributed by atoms with Gasteiger partial charge in [0, 0.05) is 30.1 Å². The van der Waals surface area contributed by atoms with E-state index in [9.17, 15) is 14.4 Å². The van der Waals surface area contributed by atoms with Crippen LogP contribution in [0.25, 0.3) is 0 Å². The third-order valence-corrected chi connectivity index (χ3v) is 8.67. The third kappa shape index (κ3) is 1.71. The molecule has 0 bridgehead atoms. The molecule has 4 heteroatoms. The van der Waals surface area contributed by atoms with Gasteiger partial charge >= 0.3 is 0 Å². The zero-order chi connectivity index (χ0) is 16.6. The summed E-state index contributed by atoms with van der Waals surface area (Å²) in [6, 6.07) is 0. The van der Waals surface area contributed by atoms with E-state index in [-0.39, 0.29) is 34.6 Å². The Bertz CT molecular complexity index is 666. The number of rotatable bonds is 0. The fraction of sp³-hybridized carbons (Fsp3) is 0.737. The molecule has 0 saturated heterocycles. The van der Waals surface area contributed by atoms with Crippen LogP contribution in [0.5, 0.6) is 0 Å². The zero-order valence-electron chi connectivity index (χ0n) is 13.9. The molecule has 0 amide bonds. The fourth-order valence-corrected chi connectivity index (χ4v) is 6.76. The van der Waals surface area contributed by atoms with Crippen molar-refractivity contribution in [2.45, 2.75) is 63.5 Å². The lowest BCUT2D eigenvalue weighted by molar-refractivity contribution is -0.146. The summed E-state index contributed by atoms with van der Waals surface area (Å²) in [5, 5.41) is 0. The number of thiol groups is 1. The molecule has 0 aromatic heterocycles. The summed E-state index contributed by atoms with van der Waals surface area (Å²) in [4.78, 5) is 37.5. The van der Waals surface area contributed by atoms with Crippen LogP contribution in [0.15, 0.2) is 11.6 Å². The van der Waals surface area contributed by atoms with E-state index in [2.05, 4.69) is 6.92 Å². The molecular formula is C19H24O3S. The second-order valence-corrected chi connectivity index (χ2v) is 9.17. The number of carbonyl (C=O) groups excluding carboxylic acids is 3. The molecule has 5 unspecified atom stereocenters. The van der Waals surface area contributed by atoms with Gasteiger partial charge in [0.2, 0.25) is 0 Å². The van der Waals surface area contributed by atoms with E-state index >= 15 is 0 Å². The second kappa shape index (κ2) is 4.59. The van der Waals surface area contributed by atoms with Crippen LogP contribution in [0.1, 0.15) is 58.8 Å². The Morgan fingerprint density at radius 3 is 2.43 bits per heavy atom. The Morgan fingerprint density at radius 2 is 1.70 bits per heavy atom. The Labute approximate surface area is 142 Å². The van der Waals surface area contributed by atoms with Crippen LogP contribution >= 0.6 is 12.6 Å². The smallest absolute Gasteiger partial charge is 0.155 e. The van der Waals surface area contributed by atoms with Crippen LogP contribution in [-0.4, -0.2) is 22.1 Å². The minimum atomic E-state index is -0.716. The first kappa shape index (κ1) is 15.6. The fourth-order valence-electron chi connectivity index (χ4n) is 6.12. The van der Waals surface area contributed by atoms with Crippen molar-refractivity contribution < 1.29 is 14.4 Å². The predicted molar refractivity (Wildman–Crippen MR) is 90.3 cm³/mol. The van der Waals surface area contributed by atoms with Crippen LogP contribution in [0.3, 0.4) is 0 Å². The molecule has 3 fully saturated rings. The SMILES string of the molecule is CC12CC(=O)C3(S)C(CCC4=CC(=O)CCC43C)C1CCC2=O. The van der Waals surface area contributed by atoms with Gasteiger partial charge in [-0.15, -0.1) is 0 Å². The largest absolute Gasteiger partial charge is 0.299 e. The maximum atomic E-state index is 13.2. The lowest BCUT2D eigenvalue weighted by Gasteiger charge is -2.61. The van der Waals surface area contributed by atoms with Crippen LogP contribution in [0.4, 0.5) is 0 Å². The van der Waals surface area contributed by atoms with Crippen LogP contribution in [0, 0.1) is 22.7 Å². The molecule has 4 aliphatic rings. The predicted octanol–water partition coefficient (Wildman–Crippen LogP) is 3.32. The van der Waals surface area contributed by atoms with Crippen molar-refractivity contribution in [2.75, 3.05) is 0 Å². The van der Waals surface area contributed by atoms with Gasteiger partial charge in [-0.05, 0) is 43.6 Å². The van der Waals surface area contributed by atoms with Crippen molar-refractivity contribution in [3.8, 4) is 0 Å². The van der Waals surface area contributed by atoms with Crippen LogP contribution in [-0.2, 0) is 14.4 Å². The van der Waals surface area contributed by atoms with Crippen molar-refractivity contribution >= 4 is 30.0 Å². The van der Waals surface area contributed by atoms with Gasteiger partial charge in [0.25, 0.3) is 0 Å². The van der Waals surface area contributed by atoms with E-state index in [1.807, 2.05) is 6.92 Å². The second-order valence-electron chi connectivity index (χ2n) is 8.47. The van der Waals surface area contributed by atoms with E-state index in [0.29, 0.717) is 25.7 Å². The number of ketones is 3. The molecule has 3 saturated carbocycles. The molecule has 4 rings (SSSR count). The van der Waals surface area contributed by atoms with Gasteiger partial charge < -0.3 is 0 Å². The monoisotopic (exact) mass is 332 g/mol. The molecule has 0 aromatic rings. The summed E-state index contributed by atoms with van der Waals surface area (Å²) in [6.45, 7) is 4.12. The third-order valence-electron chi connectivity index (χ3n) is 7.59. The standard InChI is InChI=1S/C19H24O3S/c1-17-10-16(22)19(23)14(13(17)5-6-15(17)21)4-3-11-9-12(20)7-8-18(11,19)2/h9,13-14,23H,3-8,10H2,1-2H3. The molecule has 5 atom stereocenters. The highest BCUT2D eigenvalue weighted by molar-refractivity contribution is 7.82. The van der Waals surface area contributed by atoms with Crippen molar-refractivity contribution in [1.29, 1.82) is 0 Å². The summed E-state index contributed by atoms with van der Waals surface area (Å²) in [7, 11) is 0. The summed E-state index contributed by atoms with van der Waals surface area (Å²) >= 11 is 5.04. The average Bonchev–Trinajstić information content (AvgIpc) is 2.77. The number of hydrogen-bond donors (Lipinski definition) is 1. The Kier molecular flexibility index (Phi) is 3.12. The van der Waals surface area contributed by atoms with Crippen molar-refractivity contribution in [2.24, 2.45) is 22.7 Å². The summed E-state index contributed by atoms with van der Waals surface area (Å²) < 4.78 is -0.716. The highest BCUT2D eigenvalue weighted by Crippen LogP contribution is 2.67. The first-order valence-corrected chi connectivity index (χ1v) is 9.21. The topological polar surface area (TPSA) is 51.2 Å². The zero-order valence-corrected chi connectivity index (χ0v) is 14.7. The minimum absolute atomic E-state index is 0.127. The summed E-state index contributed by atoms with van der Waals surface area (Å²) in [5.74, 6) is 0.982. The average molecular weight is 332 g/mol. The Balaban J connectivity index is 1.85. The van der Waals surface area contributed by atoms with Gasteiger partial charge in [0.1, 0.15) is 5.78 Å². The number of hydrogen-bond acceptors (Lipinski definition) is 4. The molecule has 0 spiro atoms. The molecule has 0 heterocycles. The molecule has 0 N–H and O–H groups in total. The lowest BCUT2D eigenvalue weighted by atomic mass is 9.46. The van der Waals surface area contributed by atoms with Crippen molar-refractivity contribution in [3.63, 3.8) is 0 Å². The van der Waals surface area contributed by atoms with Gasteiger partial charge in [0.15, 0.2) is 11.6 Å². The highest BCUT2D eigenvalue weighted by atomic mass is 32.1. The first-order chi connectivity index (χ1) is 10.7. The molecule has 0 aromatic carbocycles. The lowest BCUT2D eigenvalue weighted by Crippen LogP contribution is -2.65. The van der Waals surface area contributed by atoms with E-state index in [0.717, 1.165) is 24.8 Å². The number of allylic oxidation sites excluding steroid dienone is 1.